The van der Waals surface area contributed by atoms with Crippen molar-refractivity contribution in [3.63, 3.8) is 0 Å². The Morgan fingerprint density at radius 2 is 2.16 bits per heavy atom. The summed E-state index contributed by atoms with van der Waals surface area (Å²) in [5.74, 6) is -0.0139. The highest BCUT2D eigenvalue weighted by atomic mass is 35.5. The molecule has 2 aromatic rings. The van der Waals surface area contributed by atoms with Crippen LogP contribution in [0.4, 0.5) is 5.95 Å². The molecular weight excluding hydrogens is 286 g/mol. The summed E-state index contributed by atoms with van der Waals surface area (Å²) >= 11 is 6.87. The van der Waals surface area contributed by atoms with E-state index in [0.29, 0.717) is 16.3 Å². The lowest BCUT2D eigenvalue weighted by Gasteiger charge is -2.05. The molecule has 8 heteroatoms. The van der Waals surface area contributed by atoms with Crippen molar-refractivity contribution in [1.82, 2.24) is 19.6 Å². The third-order valence-corrected chi connectivity index (χ3v) is 3.25. The van der Waals surface area contributed by atoms with Gasteiger partial charge in [0, 0.05) is 5.69 Å². The van der Waals surface area contributed by atoms with Crippen molar-refractivity contribution in [2.45, 2.75) is 26.7 Å². The molecule has 0 aliphatic carbocycles. The van der Waals surface area contributed by atoms with Crippen molar-refractivity contribution >= 4 is 35.0 Å². The van der Waals surface area contributed by atoms with Gasteiger partial charge in [-0.3, -0.25) is 10.1 Å². The van der Waals surface area contributed by atoms with Crippen LogP contribution in [0.1, 0.15) is 40.8 Å². The highest BCUT2D eigenvalue weighted by molar-refractivity contribution is 7.08. The maximum Gasteiger partial charge on any atom is 0.271 e. The van der Waals surface area contributed by atoms with Gasteiger partial charge in [0.15, 0.2) is 0 Å². The Labute approximate surface area is 119 Å². The quantitative estimate of drug-likeness (QED) is 0.881. The number of carbonyl (C=O) groups excluding carboxylic acids is 1. The predicted molar refractivity (Wildman–Crippen MR) is 73.7 cm³/mol. The number of anilines is 1. The van der Waals surface area contributed by atoms with E-state index in [9.17, 15) is 4.79 Å². The second-order valence-electron chi connectivity index (χ2n) is 4.25. The van der Waals surface area contributed by atoms with Crippen LogP contribution in [0.15, 0.2) is 6.07 Å². The Hall–Kier alpha value is -1.60. The van der Waals surface area contributed by atoms with E-state index in [2.05, 4.69) is 24.9 Å². The molecule has 0 saturated carbocycles. The first-order chi connectivity index (χ1) is 8.97. The monoisotopic (exact) mass is 297 g/mol. The molecule has 2 heterocycles. The molecule has 0 spiro atoms. The van der Waals surface area contributed by atoms with E-state index in [4.69, 9.17) is 11.6 Å². The minimum atomic E-state index is -0.319. The maximum atomic E-state index is 12.1. The molecule has 0 saturated heterocycles. The van der Waals surface area contributed by atoms with E-state index in [1.807, 2.05) is 13.8 Å². The van der Waals surface area contributed by atoms with Crippen LogP contribution in [0.3, 0.4) is 0 Å². The summed E-state index contributed by atoms with van der Waals surface area (Å²) in [6, 6.07) is 1.62. The normalized spacial score (nSPS) is 10.8. The lowest BCUT2D eigenvalue weighted by atomic mass is 10.1. The fourth-order valence-electron chi connectivity index (χ4n) is 1.48. The van der Waals surface area contributed by atoms with Gasteiger partial charge in [-0.1, -0.05) is 29.9 Å². The molecule has 0 radical (unpaired) electrons. The average molecular weight is 298 g/mol. The molecule has 0 fully saturated rings. The van der Waals surface area contributed by atoms with Gasteiger partial charge < -0.3 is 0 Å². The topological polar surface area (TPSA) is 80.7 Å². The Kier molecular flexibility index (Phi) is 4.06. The van der Waals surface area contributed by atoms with E-state index in [-0.39, 0.29) is 22.9 Å². The Balaban J connectivity index is 2.23. The van der Waals surface area contributed by atoms with Crippen LogP contribution >= 0.6 is 23.1 Å². The lowest BCUT2D eigenvalue weighted by molar-refractivity contribution is 0.102. The van der Waals surface area contributed by atoms with Crippen molar-refractivity contribution in [1.29, 1.82) is 0 Å². The first kappa shape index (κ1) is 13.8. The molecule has 1 N–H and O–H groups in total. The van der Waals surface area contributed by atoms with Crippen LogP contribution in [0.5, 0.6) is 0 Å². The van der Waals surface area contributed by atoms with Gasteiger partial charge in [-0.2, -0.15) is 0 Å². The van der Waals surface area contributed by atoms with Crippen molar-refractivity contribution < 1.29 is 4.79 Å². The van der Waals surface area contributed by atoms with Crippen molar-refractivity contribution in [2.24, 2.45) is 0 Å². The first-order valence-corrected chi connectivity index (χ1v) is 6.77. The van der Waals surface area contributed by atoms with Crippen molar-refractivity contribution in [3.8, 4) is 0 Å². The molecule has 6 nitrogen and oxygen atoms in total. The van der Waals surface area contributed by atoms with Gasteiger partial charge in [-0.15, -0.1) is 5.10 Å². The third kappa shape index (κ3) is 3.24. The highest BCUT2D eigenvalue weighted by Crippen LogP contribution is 2.20. The van der Waals surface area contributed by atoms with Crippen molar-refractivity contribution in [3.05, 3.63) is 27.5 Å². The van der Waals surface area contributed by atoms with E-state index < -0.39 is 0 Å². The van der Waals surface area contributed by atoms with E-state index in [1.165, 1.54) is 0 Å². The minimum absolute atomic E-state index is 0.126. The summed E-state index contributed by atoms with van der Waals surface area (Å²) in [4.78, 5) is 20.6. The predicted octanol–water partition coefficient (Wildman–Crippen LogP) is 2.67. The highest BCUT2D eigenvalue weighted by Gasteiger charge is 2.19. The molecule has 0 bridgehead atoms. The van der Waals surface area contributed by atoms with Crippen LogP contribution < -0.4 is 5.32 Å². The fraction of sp³-hybridized carbons (Fsp3) is 0.364. The second-order valence-corrected chi connectivity index (χ2v) is 5.39. The number of halogens is 1. The number of rotatable bonds is 3. The van der Waals surface area contributed by atoms with Crippen LogP contribution in [0, 0.1) is 6.92 Å². The standard InChI is InChI=1S/C11H12ClN5OS/c1-5(2)8-9(19-17-16-8)10(18)15-11-13-6(3)4-7(12)14-11/h4-5H,1-3H3,(H,13,14,15,18). The van der Waals surface area contributed by atoms with Crippen LogP contribution in [0.2, 0.25) is 5.15 Å². The molecule has 100 valence electrons. The Morgan fingerprint density at radius 3 is 2.79 bits per heavy atom. The zero-order valence-electron chi connectivity index (χ0n) is 10.6. The maximum absolute atomic E-state index is 12.1. The number of carbonyl (C=O) groups is 1. The summed E-state index contributed by atoms with van der Waals surface area (Å²) in [6.45, 7) is 5.68. The number of hydrogen-bond acceptors (Lipinski definition) is 6. The first-order valence-electron chi connectivity index (χ1n) is 5.62. The third-order valence-electron chi connectivity index (χ3n) is 2.31. The number of nitrogens with one attached hydrogen (secondary N) is 1. The zero-order chi connectivity index (χ0) is 14.0. The fourth-order valence-corrected chi connectivity index (χ4v) is 2.43. The minimum Gasteiger partial charge on any atom is -0.290 e. The molecule has 0 atom stereocenters. The van der Waals surface area contributed by atoms with E-state index in [0.717, 1.165) is 11.5 Å². The van der Waals surface area contributed by atoms with Gasteiger partial charge in [0.05, 0.1) is 5.69 Å². The van der Waals surface area contributed by atoms with Crippen LogP contribution in [-0.4, -0.2) is 25.5 Å². The van der Waals surface area contributed by atoms with Gasteiger partial charge in [0.1, 0.15) is 10.0 Å². The van der Waals surface area contributed by atoms with Gasteiger partial charge >= 0.3 is 0 Å². The summed E-state index contributed by atoms with van der Waals surface area (Å²) < 4.78 is 3.81. The Bertz CT molecular complexity index is 593. The van der Waals surface area contributed by atoms with Crippen molar-refractivity contribution in [2.75, 3.05) is 5.32 Å². The lowest BCUT2D eigenvalue weighted by Crippen LogP contribution is -2.15. The SMILES string of the molecule is Cc1cc(Cl)nc(NC(=O)c2snnc2C(C)C)n1. The van der Waals surface area contributed by atoms with Crippen LogP contribution in [-0.2, 0) is 0 Å². The van der Waals surface area contributed by atoms with E-state index >= 15 is 0 Å². The molecular formula is C11H12ClN5OS. The Morgan fingerprint density at radius 1 is 1.42 bits per heavy atom. The zero-order valence-corrected chi connectivity index (χ0v) is 12.2. The molecule has 0 unspecified atom stereocenters. The molecule has 0 aliphatic rings. The van der Waals surface area contributed by atoms with E-state index in [1.54, 1.807) is 13.0 Å². The molecule has 0 aromatic carbocycles. The summed E-state index contributed by atoms with van der Waals surface area (Å²) in [6.07, 6.45) is 0. The molecule has 2 rings (SSSR count). The summed E-state index contributed by atoms with van der Waals surface area (Å²) in [7, 11) is 0. The number of nitrogens with zero attached hydrogens (tertiary/aromatic N) is 4. The molecule has 0 aliphatic heterocycles. The largest absolute Gasteiger partial charge is 0.290 e. The van der Waals surface area contributed by atoms with Gasteiger partial charge in [0.2, 0.25) is 5.95 Å². The average Bonchev–Trinajstić information content (AvgIpc) is 2.75. The number of aryl methyl sites for hydroxylation is 1. The van der Waals surface area contributed by atoms with Gasteiger partial charge in [0.25, 0.3) is 5.91 Å². The summed E-state index contributed by atoms with van der Waals surface area (Å²) in [5, 5.41) is 6.85. The van der Waals surface area contributed by atoms with Gasteiger partial charge in [-0.05, 0) is 30.4 Å². The smallest absolute Gasteiger partial charge is 0.271 e. The molecule has 1 amide bonds. The van der Waals surface area contributed by atoms with Gasteiger partial charge in [-0.25, -0.2) is 9.97 Å². The molecule has 2 aromatic heterocycles. The number of hydrogen-bond donors (Lipinski definition) is 1. The number of aromatic nitrogens is 4. The number of amides is 1. The summed E-state index contributed by atoms with van der Waals surface area (Å²) in [5.41, 5.74) is 1.35. The molecule has 19 heavy (non-hydrogen) atoms. The second kappa shape index (κ2) is 5.58. The van der Waals surface area contributed by atoms with Crippen LogP contribution in [0.25, 0.3) is 0 Å².